The van der Waals surface area contributed by atoms with Crippen molar-refractivity contribution >= 4 is 39.3 Å². The summed E-state index contributed by atoms with van der Waals surface area (Å²) in [5.74, 6) is 0.912. The maximum atomic E-state index is 5.87. The maximum Gasteiger partial charge on any atom is 0.111 e. The monoisotopic (exact) mass is 341 g/mol. The Morgan fingerprint density at radius 1 is 1.17 bits per heavy atom. The second-order valence-corrected chi connectivity index (χ2v) is 6.48. The van der Waals surface area contributed by atoms with Crippen LogP contribution in [0.3, 0.4) is 0 Å². The molecular formula is C14H13BrClNS. The van der Waals surface area contributed by atoms with Gasteiger partial charge in [-0.2, -0.15) is 0 Å². The first-order valence-electron chi connectivity index (χ1n) is 5.55. The van der Waals surface area contributed by atoms with E-state index in [4.69, 9.17) is 11.6 Å². The molecule has 1 aromatic heterocycles. The van der Waals surface area contributed by atoms with E-state index in [1.54, 1.807) is 18.0 Å². The molecule has 1 aromatic carbocycles. The summed E-state index contributed by atoms with van der Waals surface area (Å²) < 4.78 is 0.948. The Hall–Kier alpha value is -0.510. The third kappa shape index (κ3) is 3.74. The molecule has 4 heteroatoms. The Bertz CT molecular complexity index is 551. The van der Waals surface area contributed by atoms with Crippen LogP contribution in [-0.2, 0) is 5.75 Å². The molecule has 0 saturated carbocycles. The van der Waals surface area contributed by atoms with E-state index >= 15 is 0 Å². The fraction of sp³-hybridized carbons (Fsp3) is 0.214. The van der Waals surface area contributed by atoms with E-state index in [0.717, 1.165) is 15.3 Å². The fourth-order valence-electron chi connectivity index (χ4n) is 1.81. The zero-order valence-corrected chi connectivity index (χ0v) is 13.4. The second-order valence-electron chi connectivity index (χ2n) is 4.23. The minimum Gasteiger partial charge on any atom is -0.247 e. The van der Waals surface area contributed by atoms with Gasteiger partial charge in [-0.1, -0.05) is 40.9 Å². The first-order valence-corrected chi connectivity index (χ1v) is 7.71. The molecule has 94 valence electrons. The summed E-state index contributed by atoms with van der Waals surface area (Å²) in [6.45, 7) is 4.25. The van der Waals surface area contributed by atoms with Gasteiger partial charge < -0.3 is 0 Å². The topological polar surface area (TPSA) is 12.9 Å². The highest BCUT2D eigenvalue weighted by Gasteiger charge is 2.04. The fourth-order valence-corrected chi connectivity index (χ4v) is 3.59. The van der Waals surface area contributed by atoms with Gasteiger partial charge in [0.05, 0.1) is 9.50 Å². The van der Waals surface area contributed by atoms with Crippen molar-refractivity contribution in [3.05, 3.63) is 56.6 Å². The maximum absolute atomic E-state index is 5.87. The molecule has 2 rings (SSSR count). The first-order chi connectivity index (χ1) is 8.54. The summed E-state index contributed by atoms with van der Waals surface area (Å²) in [5.41, 5.74) is 3.92. The molecule has 0 unspecified atom stereocenters. The molecule has 0 aliphatic rings. The van der Waals surface area contributed by atoms with Crippen LogP contribution < -0.4 is 0 Å². The molecule has 0 saturated heterocycles. The van der Waals surface area contributed by atoms with Gasteiger partial charge >= 0.3 is 0 Å². The van der Waals surface area contributed by atoms with Crippen molar-refractivity contribution < 1.29 is 0 Å². The van der Waals surface area contributed by atoms with E-state index in [-0.39, 0.29) is 0 Å². The van der Waals surface area contributed by atoms with Crippen LogP contribution in [0.25, 0.3) is 0 Å². The van der Waals surface area contributed by atoms with Crippen molar-refractivity contribution in [2.24, 2.45) is 0 Å². The summed E-state index contributed by atoms with van der Waals surface area (Å²) in [4.78, 5) is 4.32. The molecule has 0 fully saturated rings. The molecule has 18 heavy (non-hydrogen) atoms. The Morgan fingerprint density at radius 2 is 1.83 bits per heavy atom. The third-order valence-electron chi connectivity index (χ3n) is 2.43. The van der Waals surface area contributed by atoms with Crippen LogP contribution in [0.4, 0.5) is 0 Å². The van der Waals surface area contributed by atoms with Gasteiger partial charge in [-0.3, -0.25) is 0 Å². The van der Waals surface area contributed by atoms with Crippen molar-refractivity contribution in [2.75, 3.05) is 0 Å². The molecule has 0 radical (unpaired) electrons. The number of halogens is 2. The van der Waals surface area contributed by atoms with Gasteiger partial charge in [0.2, 0.25) is 0 Å². The summed E-state index contributed by atoms with van der Waals surface area (Å²) in [7, 11) is 0. The molecule has 0 spiro atoms. The Labute approximate surface area is 125 Å². The first kappa shape index (κ1) is 13.9. The lowest BCUT2D eigenvalue weighted by atomic mass is 10.1. The number of rotatable bonds is 3. The van der Waals surface area contributed by atoms with Gasteiger partial charge in [-0.05, 0) is 41.4 Å². The van der Waals surface area contributed by atoms with Crippen molar-refractivity contribution in [1.82, 2.24) is 4.98 Å². The van der Waals surface area contributed by atoms with Gasteiger partial charge in [0.1, 0.15) is 5.03 Å². The van der Waals surface area contributed by atoms with E-state index in [1.807, 2.05) is 6.07 Å². The van der Waals surface area contributed by atoms with Crippen molar-refractivity contribution in [1.29, 1.82) is 0 Å². The second kappa shape index (κ2) is 6.09. The molecule has 0 atom stereocenters. The van der Waals surface area contributed by atoms with Crippen LogP contribution in [0.1, 0.15) is 16.7 Å². The Balaban J connectivity index is 2.11. The molecule has 1 heterocycles. The molecule has 0 aliphatic carbocycles. The van der Waals surface area contributed by atoms with Crippen LogP contribution in [0.2, 0.25) is 5.02 Å². The summed E-state index contributed by atoms with van der Waals surface area (Å²) in [6.07, 6.45) is 1.68. The number of pyridine rings is 1. The minimum atomic E-state index is 0.651. The summed E-state index contributed by atoms with van der Waals surface area (Å²) in [6, 6.07) is 8.48. The van der Waals surface area contributed by atoms with Gasteiger partial charge in [0, 0.05) is 11.9 Å². The van der Waals surface area contributed by atoms with Gasteiger partial charge in [-0.15, -0.1) is 11.8 Å². The molecule has 0 bridgehead atoms. The summed E-state index contributed by atoms with van der Waals surface area (Å²) in [5, 5.41) is 1.62. The van der Waals surface area contributed by atoms with E-state index in [0.29, 0.717) is 5.02 Å². The number of nitrogens with zero attached hydrogens (tertiary/aromatic N) is 1. The normalized spacial score (nSPS) is 10.7. The predicted molar refractivity (Wildman–Crippen MR) is 82.4 cm³/mol. The van der Waals surface area contributed by atoms with Gasteiger partial charge in [-0.25, -0.2) is 4.98 Å². The van der Waals surface area contributed by atoms with E-state index in [2.05, 4.69) is 53.0 Å². The average molecular weight is 343 g/mol. The standard InChI is InChI=1S/C14H13BrClNS/c1-9-3-10(2)5-11(4-9)8-18-14-13(15)6-12(16)7-17-14/h3-7H,8H2,1-2H3. The lowest BCUT2D eigenvalue weighted by Crippen LogP contribution is -1.87. The highest BCUT2D eigenvalue weighted by atomic mass is 79.9. The van der Waals surface area contributed by atoms with Gasteiger partial charge in [0.15, 0.2) is 0 Å². The van der Waals surface area contributed by atoms with E-state index < -0.39 is 0 Å². The van der Waals surface area contributed by atoms with Crippen LogP contribution in [0.5, 0.6) is 0 Å². The van der Waals surface area contributed by atoms with Crippen LogP contribution in [0, 0.1) is 13.8 Å². The largest absolute Gasteiger partial charge is 0.247 e. The number of aromatic nitrogens is 1. The number of hydrogen-bond donors (Lipinski definition) is 0. The average Bonchev–Trinajstić information content (AvgIpc) is 2.26. The number of thioether (sulfide) groups is 1. The zero-order valence-electron chi connectivity index (χ0n) is 10.2. The summed E-state index contributed by atoms with van der Waals surface area (Å²) >= 11 is 11.1. The Morgan fingerprint density at radius 3 is 2.44 bits per heavy atom. The molecule has 1 nitrogen and oxygen atoms in total. The number of hydrogen-bond acceptors (Lipinski definition) is 2. The molecule has 0 amide bonds. The lowest BCUT2D eigenvalue weighted by Gasteiger charge is -2.06. The number of benzene rings is 1. The zero-order chi connectivity index (χ0) is 13.1. The van der Waals surface area contributed by atoms with Crippen LogP contribution in [0.15, 0.2) is 40.0 Å². The minimum absolute atomic E-state index is 0.651. The quantitative estimate of drug-likeness (QED) is 0.692. The number of aryl methyl sites for hydroxylation is 2. The van der Waals surface area contributed by atoms with Gasteiger partial charge in [0.25, 0.3) is 0 Å². The SMILES string of the molecule is Cc1cc(C)cc(CSc2ncc(Cl)cc2Br)c1. The highest BCUT2D eigenvalue weighted by Crippen LogP contribution is 2.30. The van der Waals surface area contributed by atoms with Crippen LogP contribution in [-0.4, -0.2) is 4.98 Å². The molecule has 0 N–H and O–H groups in total. The molecule has 0 aliphatic heterocycles. The molecular weight excluding hydrogens is 330 g/mol. The predicted octanol–water partition coefficient (Wildman–Crippen LogP) is 5.41. The molecule has 2 aromatic rings. The lowest BCUT2D eigenvalue weighted by molar-refractivity contribution is 1.11. The third-order valence-corrected chi connectivity index (χ3v) is 4.58. The highest BCUT2D eigenvalue weighted by molar-refractivity contribution is 9.10. The van der Waals surface area contributed by atoms with Crippen molar-refractivity contribution in [3.8, 4) is 0 Å². The van der Waals surface area contributed by atoms with Crippen molar-refractivity contribution in [3.63, 3.8) is 0 Å². The van der Waals surface area contributed by atoms with E-state index in [9.17, 15) is 0 Å². The smallest absolute Gasteiger partial charge is 0.111 e. The van der Waals surface area contributed by atoms with E-state index in [1.165, 1.54) is 16.7 Å². The Kier molecular flexibility index (Phi) is 4.71. The van der Waals surface area contributed by atoms with Crippen LogP contribution >= 0.6 is 39.3 Å². The van der Waals surface area contributed by atoms with Crippen molar-refractivity contribution in [2.45, 2.75) is 24.6 Å².